The lowest BCUT2D eigenvalue weighted by molar-refractivity contribution is 0.283. The Morgan fingerprint density at radius 3 is 2.89 bits per heavy atom. The molecule has 0 radical (unpaired) electrons. The van der Waals surface area contributed by atoms with Crippen LogP contribution in [0.2, 0.25) is 0 Å². The highest BCUT2D eigenvalue weighted by molar-refractivity contribution is 5.77. The molecule has 5 heteroatoms. The van der Waals surface area contributed by atoms with Gasteiger partial charge in [-0.05, 0) is 25.0 Å². The molecule has 0 spiro atoms. The quantitative estimate of drug-likeness (QED) is 0.518. The second-order valence-corrected chi connectivity index (χ2v) is 4.31. The molecule has 0 bridgehead atoms. The summed E-state index contributed by atoms with van der Waals surface area (Å²) in [5.74, 6) is 0. The first-order valence-corrected chi connectivity index (χ1v) is 6.30. The summed E-state index contributed by atoms with van der Waals surface area (Å²) in [5, 5.41) is 11.8. The number of aliphatic hydroxyl groups is 1. The van der Waals surface area contributed by atoms with Crippen LogP contribution in [0.25, 0.3) is 11.1 Å². The average Bonchev–Trinajstić information content (AvgIpc) is 2.75. The third-order valence-electron chi connectivity index (χ3n) is 2.77. The number of anilines is 2. The SMILES string of the molecule is Nc1ccc2nc(NCCCCCCO)oc2c1. The molecule has 0 saturated carbocycles. The van der Waals surface area contributed by atoms with Crippen LogP contribution in [0.3, 0.4) is 0 Å². The van der Waals surface area contributed by atoms with Gasteiger partial charge in [0.25, 0.3) is 6.01 Å². The highest BCUT2D eigenvalue weighted by atomic mass is 16.4. The van der Waals surface area contributed by atoms with E-state index in [0.717, 1.165) is 37.7 Å². The fourth-order valence-electron chi connectivity index (χ4n) is 1.80. The molecule has 0 fully saturated rings. The molecule has 0 unspecified atom stereocenters. The van der Waals surface area contributed by atoms with Crippen LogP contribution < -0.4 is 11.1 Å². The van der Waals surface area contributed by atoms with Crippen LogP contribution in [0.5, 0.6) is 0 Å². The fraction of sp³-hybridized carbons (Fsp3) is 0.462. The van der Waals surface area contributed by atoms with E-state index in [2.05, 4.69) is 10.3 Å². The van der Waals surface area contributed by atoms with Crippen molar-refractivity contribution in [1.29, 1.82) is 0 Å². The summed E-state index contributed by atoms with van der Waals surface area (Å²) in [7, 11) is 0. The Morgan fingerprint density at radius 1 is 1.22 bits per heavy atom. The van der Waals surface area contributed by atoms with Gasteiger partial charge in [-0.2, -0.15) is 4.98 Å². The maximum absolute atomic E-state index is 8.65. The van der Waals surface area contributed by atoms with E-state index in [0.29, 0.717) is 17.3 Å². The van der Waals surface area contributed by atoms with Gasteiger partial charge in [0.15, 0.2) is 5.58 Å². The minimum Gasteiger partial charge on any atom is -0.423 e. The highest BCUT2D eigenvalue weighted by Crippen LogP contribution is 2.20. The van der Waals surface area contributed by atoms with Gasteiger partial charge in [0.2, 0.25) is 0 Å². The molecule has 0 amide bonds. The number of aromatic nitrogens is 1. The maximum atomic E-state index is 8.65. The number of nitrogen functional groups attached to an aromatic ring is 1. The Kier molecular flexibility index (Phi) is 4.41. The van der Waals surface area contributed by atoms with Gasteiger partial charge in [-0.15, -0.1) is 0 Å². The van der Waals surface area contributed by atoms with Gasteiger partial charge in [-0.3, -0.25) is 0 Å². The lowest BCUT2D eigenvalue weighted by Crippen LogP contribution is -2.01. The molecule has 98 valence electrons. The number of oxazole rings is 1. The van der Waals surface area contributed by atoms with E-state index in [9.17, 15) is 0 Å². The molecule has 1 heterocycles. The van der Waals surface area contributed by atoms with Crippen LogP contribution >= 0.6 is 0 Å². The highest BCUT2D eigenvalue weighted by Gasteiger charge is 2.04. The average molecular weight is 249 g/mol. The number of hydrogen-bond donors (Lipinski definition) is 3. The Balaban J connectivity index is 1.81. The summed E-state index contributed by atoms with van der Waals surface area (Å²) in [5.41, 5.74) is 7.87. The van der Waals surface area contributed by atoms with Crippen LogP contribution in [0.15, 0.2) is 22.6 Å². The zero-order valence-electron chi connectivity index (χ0n) is 10.4. The first kappa shape index (κ1) is 12.7. The van der Waals surface area contributed by atoms with Gasteiger partial charge in [-0.1, -0.05) is 12.8 Å². The fourth-order valence-corrected chi connectivity index (χ4v) is 1.80. The van der Waals surface area contributed by atoms with Crippen LogP contribution in [-0.2, 0) is 0 Å². The number of hydrogen-bond acceptors (Lipinski definition) is 5. The van der Waals surface area contributed by atoms with Crippen molar-refractivity contribution in [3.63, 3.8) is 0 Å². The number of fused-ring (bicyclic) bond motifs is 1. The number of nitrogens with two attached hydrogens (primary N) is 1. The van der Waals surface area contributed by atoms with E-state index in [1.54, 1.807) is 6.07 Å². The second kappa shape index (κ2) is 6.26. The minimum absolute atomic E-state index is 0.278. The van der Waals surface area contributed by atoms with E-state index >= 15 is 0 Å². The van der Waals surface area contributed by atoms with E-state index in [1.807, 2.05) is 12.1 Å². The van der Waals surface area contributed by atoms with E-state index < -0.39 is 0 Å². The predicted molar refractivity (Wildman–Crippen MR) is 72.5 cm³/mol. The lowest BCUT2D eigenvalue weighted by atomic mass is 10.2. The topological polar surface area (TPSA) is 84.3 Å². The van der Waals surface area contributed by atoms with E-state index in [4.69, 9.17) is 15.3 Å². The minimum atomic E-state index is 0.278. The van der Waals surface area contributed by atoms with Crippen molar-refractivity contribution in [1.82, 2.24) is 4.98 Å². The zero-order chi connectivity index (χ0) is 12.8. The van der Waals surface area contributed by atoms with Gasteiger partial charge in [0, 0.05) is 24.9 Å². The maximum Gasteiger partial charge on any atom is 0.295 e. The first-order valence-electron chi connectivity index (χ1n) is 6.30. The number of nitrogens with one attached hydrogen (secondary N) is 1. The van der Waals surface area contributed by atoms with Crippen molar-refractivity contribution in [2.24, 2.45) is 0 Å². The molecular weight excluding hydrogens is 230 g/mol. The van der Waals surface area contributed by atoms with Crippen molar-refractivity contribution in [3.05, 3.63) is 18.2 Å². The van der Waals surface area contributed by atoms with Crippen molar-refractivity contribution in [2.75, 3.05) is 24.2 Å². The van der Waals surface area contributed by atoms with Gasteiger partial charge < -0.3 is 20.6 Å². The monoisotopic (exact) mass is 249 g/mol. The second-order valence-electron chi connectivity index (χ2n) is 4.31. The largest absolute Gasteiger partial charge is 0.423 e. The van der Waals surface area contributed by atoms with Crippen LogP contribution in [0, 0.1) is 0 Å². The van der Waals surface area contributed by atoms with Crippen LogP contribution in [-0.4, -0.2) is 23.2 Å². The van der Waals surface area contributed by atoms with Gasteiger partial charge in [0.1, 0.15) is 5.52 Å². The Morgan fingerprint density at radius 2 is 2.06 bits per heavy atom. The molecule has 1 aromatic carbocycles. The van der Waals surface area contributed by atoms with Crippen molar-refractivity contribution < 1.29 is 9.52 Å². The molecule has 2 aromatic rings. The summed E-state index contributed by atoms with van der Waals surface area (Å²) in [6.45, 7) is 1.10. The van der Waals surface area contributed by atoms with E-state index in [1.165, 1.54) is 0 Å². The van der Waals surface area contributed by atoms with Gasteiger partial charge >= 0.3 is 0 Å². The molecule has 0 atom stereocenters. The summed E-state index contributed by atoms with van der Waals surface area (Å²) in [6.07, 6.45) is 4.08. The molecule has 18 heavy (non-hydrogen) atoms. The number of nitrogens with zero attached hydrogens (tertiary/aromatic N) is 1. The summed E-state index contributed by atoms with van der Waals surface area (Å²) >= 11 is 0. The molecule has 2 rings (SSSR count). The molecule has 4 N–H and O–H groups in total. The molecule has 0 saturated heterocycles. The van der Waals surface area contributed by atoms with Crippen molar-refractivity contribution in [3.8, 4) is 0 Å². The van der Waals surface area contributed by atoms with Crippen molar-refractivity contribution in [2.45, 2.75) is 25.7 Å². The lowest BCUT2D eigenvalue weighted by Gasteiger charge is -2.00. The summed E-state index contributed by atoms with van der Waals surface area (Å²) < 4.78 is 5.53. The number of aliphatic hydroxyl groups excluding tert-OH is 1. The predicted octanol–water partition coefficient (Wildman–Crippen LogP) is 2.37. The third-order valence-corrected chi connectivity index (χ3v) is 2.77. The standard InChI is InChI=1S/C13H19N3O2/c14-10-5-6-11-12(9-10)18-13(16-11)15-7-3-1-2-4-8-17/h5-6,9,17H,1-4,7-8,14H2,(H,15,16). The Bertz CT molecular complexity index is 496. The summed E-state index contributed by atoms with van der Waals surface area (Å²) in [6, 6.07) is 5.97. The molecule has 0 aliphatic carbocycles. The number of rotatable bonds is 7. The molecule has 0 aliphatic heterocycles. The third kappa shape index (κ3) is 3.37. The normalized spacial score (nSPS) is 10.9. The van der Waals surface area contributed by atoms with Crippen molar-refractivity contribution >= 4 is 22.8 Å². The Hall–Kier alpha value is -1.75. The molecular formula is C13H19N3O2. The van der Waals surface area contributed by atoms with Gasteiger partial charge in [0.05, 0.1) is 0 Å². The smallest absolute Gasteiger partial charge is 0.295 e. The summed E-state index contributed by atoms with van der Waals surface area (Å²) in [4.78, 5) is 4.31. The van der Waals surface area contributed by atoms with Crippen LogP contribution in [0.1, 0.15) is 25.7 Å². The Labute approximate surface area is 106 Å². The zero-order valence-corrected chi connectivity index (χ0v) is 10.4. The van der Waals surface area contributed by atoms with Gasteiger partial charge in [-0.25, -0.2) is 0 Å². The molecule has 1 aromatic heterocycles. The molecule has 0 aliphatic rings. The first-order chi connectivity index (χ1) is 8.79. The molecule has 5 nitrogen and oxygen atoms in total. The van der Waals surface area contributed by atoms with Crippen LogP contribution in [0.4, 0.5) is 11.7 Å². The number of unbranched alkanes of at least 4 members (excludes halogenated alkanes) is 3. The van der Waals surface area contributed by atoms with E-state index in [-0.39, 0.29) is 6.61 Å². The number of benzene rings is 1.